The number of hydrogen-bond donors (Lipinski definition) is 1. The third-order valence-corrected chi connectivity index (χ3v) is 3.57. The van der Waals surface area contributed by atoms with Crippen LogP contribution in [0.25, 0.3) is 0 Å². The van der Waals surface area contributed by atoms with E-state index < -0.39 is 0 Å². The summed E-state index contributed by atoms with van der Waals surface area (Å²) in [4.78, 5) is 15.0. The van der Waals surface area contributed by atoms with Crippen molar-refractivity contribution < 1.29 is 0 Å². The van der Waals surface area contributed by atoms with E-state index in [1.54, 1.807) is 0 Å². The van der Waals surface area contributed by atoms with Gasteiger partial charge in [0.25, 0.3) is 0 Å². The van der Waals surface area contributed by atoms with Crippen molar-refractivity contribution in [2.45, 2.75) is 26.4 Å². The number of pyridine rings is 1. The first kappa shape index (κ1) is 12.0. The van der Waals surface area contributed by atoms with E-state index in [9.17, 15) is 0 Å². The first-order valence-electron chi connectivity index (χ1n) is 6.44. The molecule has 0 aliphatic carbocycles. The smallest absolute Gasteiger partial charge is 0.220 e. The Hall–Kier alpha value is -2.01. The topological polar surface area (TPSA) is 67.9 Å². The molecule has 0 spiro atoms. The highest BCUT2D eigenvalue weighted by Gasteiger charge is 2.18. The molecular formula is C14H17N5. The summed E-state index contributed by atoms with van der Waals surface area (Å²) in [6.45, 7) is 4.92. The van der Waals surface area contributed by atoms with E-state index in [0.717, 1.165) is 31.7 Å². The van der Waals surface area contributed by atoms with Crippen molar-refractivity contribution in [1.82, 2.24) is 19.9 Å². The van der Waals surface area contributed by atoms with Gasteiger partial charge in [-0.05, 0) is 24.1 Å². The van der Waals surface area contributed by atoms with Crippen LogP contribution >= 0.6 is 0 Å². The van der Waals surface area contributed by atoms with Crippen molar-refractivity contribution in [1.29, 1.82) is 0 Å². The monoisotopic (exact) mass is 255 g/mol. The van der Waals surface area contributed by atoms with Crippen LogP contribution in [0.5, 0.6) is 0 Å². The molecule has 2 N–H and O–H groups in total. The molecule has 0 saturated carbocycles. The lowest BCUT2D eigenvalue weighted by Crippen LogP contribution is -2.31. The Bertz CT molecular complexity index is 596. The van der Waals surface area contributed by atoms with Gasteiger partial charge in [0.05, 0.1) is 5.69 Å². The van der Waals surface area contributed by atoms with Crippen LogP contribution in [-0.2, 0) is 19.5 Å². The molecule has 0 saturated heterocycles. The molecule has 5 nitrogen and oxygen atoms in total. The van der Waals surface area contributed by atoms with E-state index >= 15 is 0 Å². The minimum atomic E-state index is 0.371. The van der Waals surface area contributed by atoms with Crippen LogP contribution in [0.15, 0.2) is 24.7 Å². The Morgan fingerprint density at radius 2 is 2.26 bits per heavy atom. The fraction of sp³-hybridized carbons (Fsp3) is 0.357. The summed E-state index contributed by atoms with van der Waals surface area (Å²) in [6.07, 6.45) is 6.56. The predicted molar refractivity (Wildman–Crippen MR) is 73.2 cm³/mol. The number of nitrogens with zero attached hydrogens (tertiary/aromatic N) is 4. The summed E-state index contributed by atoms with van der Waals surface area (Å²) in [6, 6.07) is 2.05. The van der Waals surface area contributed by atoms with Crippen molar-refractivity contribution in [3.63, 3.8) is 0 Å². The summed E-state index contributed by atoms with van der Waals surface area (Å²) >= 11 is 0. The average molecular weight is 255 g/mol. The van der Waals surface area contributed by atoms with Crippen molar-refractivity contribution in [2.75, 3.05) is 12.3 Å². The number of anilines is 1. The van der Waals surface area contributed by atoms with E-state index in [1.807, 2.05) is 18.6 Å². The number of aryl methyl sites for hydroxylation is 1. The Labute approximate surface area is 112 Å². The minimum absolute atomic E-state index is 0.371. The first-order chi connectivity index (χ1) is 9.22. The number of rotatable bonds is 2. The fourth-order valence-electron chi connectivity index (χ4n) is 2.43. The normalized spacial score (nSPS) is 15.2. The molecule has 2 aromatic heterocycles. The second-order valence-corrected chi connectivity index (χ2v) is 4.96. The van der Waals surface area contributed by atoms with Crippen molar-refractivity contribution in [3.05, 3.63) is 47.0 Å². The second-order valence-electron chi connectivity index (χ2n) is 4.96. The molecule has 0 amide bonds. The van der Waals surface area contributed by atoms with Gasteiger partial charge in [-0.15, -0.1) is 0 Å². The molecular weight excluding hydrogens is 238 g/mol. The molecule has 2 aromatic rings. The molecule has 19 heavy (non-hydrogen) atoms. The Balaban J connectivity index is 1.76. The van der Waals surface area contributed by atoms with Gasteiger partial charge >= 0.3 is 0 Å². The number of nitrogen functional groups attached to an aromatic ring is 1. The lowest BCUT2D eigenvalue weighted by atomic mass is 10.1. The zero-order valence-corrected chi connectivity index (χ0v) is 11.0. The summed E-state index contributed by atoms with van der Waals surface area (Å²) in [5, 5.41) is 0. The summed E-state index contributed by atoms with van der Waals surface area (Å²) in [7, 11) is 0. The molecule has 0 atom stereocenters. The highest BCUT2D eigenvalue weighted by atomic mass is 15.1. The molecule has 3 heterocycles. The SMILES string of the molecule is Cc1ccncc1CN1CCc2nc(N)ncc2C1. The highest BCUT2D eigenvalue weighted by molar-refractivity contribution is 5.27. The standard InChI is InChI=1S/C14H17N5/c1-10-2-4-16-6-11(10)8-19-5-3-13-12(9-19)7-17-14(15)18-13/h2,4,6-7H,3,5,8-9H2,1H3,(H2,15,17,18). The molecule has 1 aliphatic heterocycles. The second kappa shape index (κ2) is 4.93. The van der Waals surface area contributed by atoms with E-state index in [1.165, 1.54) is 16.7 Å². The maximum atomic E-state index is 5.62. The third-order valence-electron chi connectivity index (χ3n) is 3.57. The maximum Gasteiger partial charge on any atom is 0.220 e. The summed E-state index contributed by atoms with van der Waals surface area (Å²) in [5.74, 6) is 0.371. The van der Waals surface area contributed by atoms with E-state index in [2.05, 4.69) is 32.8 Å². The Kier molecular flexibility index (Phi) is 3.13. The van der Waals surface area contributed by atoms with Crippen molar-refractivity contribution in [2.24, 2.45) is 0 Å². The number of nitrogens with two attached hydrogens (primary N) is 1. The molecule has 1 aliphatic rings. The van der Waals surface area contributed by atoms with Gasteiger partial charge in [0, 0.05) is 50.2 Å². The molecule has 3 rings (SSSR count). The Morgan fingerprint density at radius 3 is 3.11 bits per heavy atom. The lowest BCUT2D eigenvalue weighted by Gasteiger charge is -2.28. The largest absolute Gasteiger partial charge is 0.368 e. The van der Waals surface area contributed by atoms with Crippen LogP contribution < -0.4 is 5.73 Å². The van der Waals surface area contributed by atoms with Gasteiger partial charge in [-0.2, -0.15) is 0 Å². The van der Waals surface area contributed by atoms with Crippen LogP contribution in [0, 0.1) is 6.92 Å². The average Bonchev–Trinajstić information content (AvgIpc) is 2.41. The van der Waals surface area contributed by atoms with Gasteiger partial charge < -0.3 is 5.73 Å². The van der Waals surface area contributed by atoms with E-state index in [-0.39, 0.29) is 0 Å². The first-order valence-corrected chi connectivity index (χ1v) is 6.44. The molecule has 5 heteroatoms. The van der Waals surface area contributed by atoms with Crippen molar-refractivity contribution in [3.8, 4) is 0 Å². The van der Waals surface area contributed by atoms with E-state index in [4.69, 9.17) is 5.73 Å². The zero-order chi connectivity index (χ0) is 13.2. The zero-order valence-electron chi connectivity index (χ0n) is 11.0. The molecule has 0 radical (unpaired) electrons. The molecule has 98 valence electrons. The molecule has 0 bridgehead atoms. The van der Waals surface area contributed by atoms with Crippen LogP contribution in [0.2, 0.25) is 0 Å². The molecule has 0 fully saturated rings. The predicted octanol–water partition coefficient (Wildman–Crippen LogP) is 1.32. The molecule has 0 unspecified atom stereocenters. The van der Waals surface area contributed by atoms with Crippen LogP contribution in [0.4, 0.5) is 5.95 Å². The van der Waals surface area contributed by atoms with Crippen LogP contribution in [-0.4, -0.2) is 26.4 Å². The number of aromatic nitrogens is 3. The van der Waals surface area contributed by atoms with Gasteiger partial charge in [-0.1, -0.05) is 0 Å². The van der Waals surface area contributed by atoms with Gasteiger partial charge in [0.15, 0.2) is 0 Å². The van der Waals surface area contributed by atoms with Gasteiger partial charge in [0.1, 0.15) is 0 Å². The summed E-state index contributed by atoms with van der Waals surface area (Å²) in [5.41, 5.74) is 10.5. The maximum absolute atomic E-state index is 5.62. The number of fused-ring (bicyclic) bond motifs is 1. The minimum Gasteiger partial charge on any atom is -0.368 e. The van der Waals surface area contributed by atoms with Gasteiger partial charge in [-0.25, -0.2) is 9.97 Å². The van der Waals surface area contributed by atoms with Gasteiger partial charge in [0.2, 0.25) is 5.95 Å². The summed E-state index contributed by atoms with van der Waals surface area (Å²) < 4.78 is 0. The Morgan fingerprint density at radius 1 is 1.37 bits per heavy atom. The van der Waals surface area contributed by atoms with Crippen LogP contribution in [0.3, 0.4) is 0 Å². The van der Waals surface area contributed by atoms with Crippen LogP contribution in [0.1, 0.15) is 22.4 Å². The van der Waals surface area contributed by atoms with E-state index in [0.29, 0.717) is 5.95 Å². The third kappa shape index (κ3) is 2.56. The molecule has 0 aromatic carbocycles. The van der Waals surface area contributed by atoms with Crippen molar-refractivity contribution >= 4 is 5.95 Å². The number of hydrogen-bond acceptors (Lipinski definition) is 5. The van der Waals surface area contributed by atoms with Gasteiger partial charge in [-0.3, -0.25) is 9.88 Å². The quantitative estimate of drug-likeness (QED) is 0.876. The highest BCUT2D eigenvalue weighted by Crippen LogP contribution is 2.19. The lowest BCUT2D eigenvalue weighted by molar-refractivity contribution is 0.242. The fourth-order valence-corrected chi connectivity index (χ4v) is 2.43.